The van der Waals surface area contributed by atoms with Crippen molar-refractivity contribution in [2.45, 2.75) is 38.6 Å². The van der Waals surface area contributed by atoms with E-state index < -0.39 is 15.6 Å². The minimum atomic E-state index is -5.84. The zero-order valence-corrected chi connectivity index (χ0v) is 17.8. The minimum Gasteiger partial charge on any atom is -0.494 e. The minimum absolute atomic E-state index is 0.710. The lowest BCUT2D eigenvalue weighted by Gasteiger charge is -2.25. The standard InChI is InChI=1S/C19H26N2O.CHF3O3S/c1-3-5-10-21-11-8-15(9-12-21)19-14-16-13-17(22-4-2)6-7-18(16)20-19;2-1(3,4)8(5,6)7/h6-8,13-14,20H,3-5,9-12H2,1-2H3;(H,5,6,7). The van der Waals surface area contributed by atoms with Crippen molar-refractivity contribution in [1.29, 1.82) is 0 Å². The van der Waals surface area contributed by atoms with Gasteiger partial charge in [0, 0.05) is 29.7 Å². The molecule has 2 aromatic rings. The first-order chi connectivity index (χ1) is 14.0. The molecule has 168 valence electrons. The maximum atomic E-state index is 10.7. The quantitative estimate of drug-likeness (QED) is 0.488. The van der Waals surface area contributed by atoms with Crippen LogP contribution in [0.1, 0.15) is 38.8 Å². The maximum absolute atomic E-state index is 10.7. The number of ether oxygens (including phenoxy) is 1. The fourth-order valence-corrected chi connectivity index (χ4v) is 3.08. The highest BCUT2D eigenvalue weighted by Gasteiger charge is 2.44. The summed E-state index contributed by atoms with van der Waals surface area (Å²) in [6.07, 6.45) is 6.09. The number of H-pyrrole nitrogens is 1. The highest BCUT2D eigenvalue weighted by Crippen LogP contribution is 2.28. The molecule has 0 fully saturated rings. The molecule has 0 unspecified atom stereocenters. The van der Waals surface area contributed by atoms with Crippen molar-refractivity contribution in [1.82, 2.24) is 9.88 Å². The number of benzene rings is 1. The molecule has 3 rings (SSSR count). The number of rotatable bonds is 6. The highest BCUT2D eigenvalue weighted by molar-refractivity contribution is 7.86. The number of hydrogen-bond acceptors (Lipinski definition) is 4. The molecular weight excluding hydrogens is 421 g/mol. The van der Waals surface area contributed by atoms with Gasteiger partial charge in [-0.3, -0.25) is 9.45 Å². The van der Waals surface area contributed by atoms with Gasteiger partial charge in [0.05, 0.1) is 6.61 Å². The van der Waals surface area contributed by atoms with E-state index in [2.05, 4.69) is 41.1 Å². The molecule has 0 saturated heterocycles. The van der Waals surface area contributed by atoms with Crippen LogP contribution in [0.3, 0.4) is 0 Å². The van der Waals surface area contributed by atoms with Crippen LogP contribution in [0.5, 0.6) is 5.75 Å². The van der Waals surface area contributed by atoms with E-state index in [0.717, 1.165) is 18.7 Å². The predicted molar refractivity (Wildman–Crippen MR) is 111 cm³/mol. The van der Waals surface area contributed by atoms with Crippen LogP contribution >= 0.6 is 0 Å². The number of unbranched alkanes of at least 4 members (excludes halogenated alkanes) is 1. The number of aromatic nitrogens is 1. The lowest BCUT2D eigenvalue weighted by molar-refractivity contribution is -0.0510. The Hall–Kier alpha value is -2.04. The Balaban J connectivity index is 0.000000343. The molecule has 6 nitrogen and oxygen atoms in total. The number of aromatic amines is 1. The van der Waals surface area contributed by atoms with Gasteiger partial charge in [-0.1, -0.05) is 19.4 Å². The summed E-state index contributed by atoms with van der Waals surface area (Å²) in [5.74, 6) is 0.948. The Morgan fingerprint density at radius 1 is 1.23 bits per heavy atom. The Kier molecular flexibility index (Phi) is 8.34. The van der Waals surface area contributed by atoms with Crippen molar-refractivity contribution in [3.63, 3.8) is 0 Å². The van der Waals surface area contributed by atoms with E-state index >= 15 is 0 Å². The van der Waals surface area contributed by atoms with Crippen molar-refractivity contribution in [2.75, 3.05) is 26.2 Å². The molecule has 0 bridgehead atoms. The smallest absolute Gasteiger partial charge is 0.494 e. The number of halogens is 3. The van der Waals surface area contributed by atoms with Gasteiger partial charge in [0.1, 0.15) is 5.75 Å². The first-order valence-corrected chi connectivity index (χ1v) is 11.2. The second kappa shape index (κ2) is 10.3. The topological polar surface area (TPSA) is 82.6 Å². The molecule has 0 amide bonds. The van der Waals surface area contributed by atoms with E-state index in [0.29, 0.717) is 6.61 Å². The molecule has 0 radical (unpaired) electrons. The molecule has 0 spiro atoms. The van der Waals surface area contributed by atoms with E-state index in [4.69, 9.17) is 17.7 Å². The van der Waals surface area contributed by atoms with Crippen LogP contribution in [0.15, 0.2) is 30.3 Å². The predicted octanol–water partition coefficient (Wildman–Crippen LogP) is 4.85. The molecule has 2 N–H and O–H groups in total. The third-order valence-corrected chi connectivity index (χ3v) is 5.25. The second-order valence-corrected chi connectivity index (χ2v) is 8.33. The van der Waals surface area contributed by atoms with Crippen LogP contribution in [-0.2, 0) is 10.1 Å². The molecule has 1 aromatic carbocycles. The van der Waals surface area contributed by atoms with E-state index in [9.17, 15) is 13.2 Å². The summed E-state index contributed by atoms with van der Waals surface area (Å²) in [7, 11) is -5.84. The molecule has 1 aromatic heterocycles. The zero-order valence-electron chi connectivity index (χ0n) is 17.0. The molecule has 0 aliphatic carbocycles. The van der Waals surface area contributed by atoms with Gasteiger partial charge in [-0.15, -0.1) is 0 Å². The summed E-state index contributed by atoms with van der Waals surface area (Å²) in [6.45, 7) is 8.46. The van der Waals surface area contributed by atoms with Gasteiger partial charge >= 0.3 is 15.6 Å². The van der Waals surface area contributed by atoms with E-state index in [1.165, 1.54) is 48.1 Å². The van der Waals surface area contributed by atoms with Gasteiger partial charge in [-0.05, 0) is 56.1 Å². The zero-order chi connectivity index (χ0) is 22.4. The van der Waals surface area contributed by atoms with E-state index in [1.54, 1.807) is 0 Å². The number of fused-ring (bicyclic) bond motifs is 1. The largest absolute Gasteiger partial charge is 0.522 e. The van der Waals surface area contributed by atoms with Crippen molar-refractivity contribution >= 4 is 26.6 Å². The Morgan fingerprint density at radius 2 is 1.93 bits per heavy atom. The van der Waals surface area contributed by atoms with E-state index in [-0.39, 0.29) is 0 Å². The van der Waals surface area contributed by atoms with Crippen molar-refractivity contribution in [3.05, 3.63) is 36.0 Å². The number of hydrogen-bond donors (Lipinski definition) is 2. The summed E-state index contributed by atoms with van der Waals surface area (Å²) in [6, 6.07) is 8.52. The summed E-state index contributed by atoms with van der Waals surface area (Å²) in [4.78, 5) is 6.09. The molecular formula is C20H27F3N2O4S. The molecule has 10 heteroatoms. The summed E-state index contributed by atoms with van der Waals surface area (Å²) in [5.41, 5.74) is -1.64. The number of nitrogens with zero attached hydrogens (tertiary/aromatic N) is 1. The molecule has 30 heavy (non-hydrogen) atoms. The van der Waals surface area contributed by atoms with Crippen LogP contribution < -0.4 is 4.74 Å². The summed E-state index contributed by atoms with van der Waals surface area (Å²) in [5, 5.41) is 1.23. The Bertz CT molecular complexity index is 968. The first kappa shape index (κ1) is 24.2. The van der Waals surface area contributed by atoms with Crippen LogP contribution in [-0.4, -0.2) is 54.6 Å². The summed E-state index contributed by atoms with van der Waals surface area (Å²) < 4.78 is 63.1. The second-order valence-electron chi connectivity index (χ2n) is 6.92. The number of alkyl halides is 3. The average molecular weight is 449 g/mol. The van der Waals surface area contributed by atoms with Crippen LogP contribution in [0.2, 0.25) is 0 Å². The highest BCUT2D eigenvalue weighted by atomic mass is 32.2. The average Bonchev–Trinajstić information content (AvgIpc) is 3.09. The maximum Gasteiger partial charge on any atom is 0.522 e. The SMILES string of the molecule is CCCCN1CC=C(c2cc3cc(OCC)ccc3[nH]2)CC1.O=S(=O)(O)C(F)(F)F. The van der Waals surface area contributed by atoms with Gasteiger partial charge in [0.25, 0.3) is 0 Å². The van der Waals surface area contributed by atoms with Gasteiger partial charge in [-0.2, -0.15) is 21.6 Å². The van der Waals surface area contributed by atoms with Gasteiger partial charge in [-0.25, -0.2) is 0 Å². The third kappa shape index (κ3) is 6.75. The number of nitrogens with one attached hydrogen (secondary N) is 1. The van der Waals surface area contributed by atoms with Gasteiger partial charge in [0.2, 0.25) is 0 Å². The van der Waals surface area contributed by atoms with Crippen LogP contribution in [0.4, 0.5) is 13.2 Å². The van der Waals surface area contributed by atoms with E-state index in [1.807, 2.05) is 13.0 Å². The fourth-order valence-electron chi connectivity index (χ4n) is 3.08. The normalized spacial score (nSPS) is 15.5. The van der Waals surface area contributed by atoms with Crippen LogP contribution in [0.25, 0.3) is 16.5 Å². The van der Waals surface area contributed by atoms with Crippen LogP contribution in [0, 0.1) is 0 Å². The molecule has 1 aliphatic heterocycles. The lowest BCUT2D eigenvalue weighted by Crippen LogP contribution is -2.29. The van der Waals surface area contributed by atoms with Crippen molar-refractivity contribution in [3.8, 4) is 5.75 Å². The monoisotopic (exact) mass is 448 g/mol. The molecule has 0 saturated carbocycles. The Morgan fingerprint density at radius 3 is 2.47 bits per heavy atom. The van der Waals surface area contributed by atoms with Gasteiger partial charge < -0.3 is 9.72 Å². The fraction of sp³-hybridized carbons (Fsp3) is 0.500. The third-order valence-electron chi connectivity index (χ3n) is 4.66. The van der Waals surface area contributed by atoms with Crippen molar-refractivity contribution < 1.29 is 30.9 Å². The molecule has 1 aliphatic rings. The van der Waals surface area contributed by atoms with Gasteiger partial charge in [0.15, 0.2) is 0 Å². The first-order valence-electron chi connectivity index (χ1n) is 9.76. The molecule has 2 heterocycles. The summed E-state index contributed by atoms with van der Waals surface area (Å²) >= 11 is 0. The lowest BCUT2D eigenvalue weighted by atomic mass is 10.0. The van der Waals surface area contributed by atoms with Crippen molar-refractivity contribution in [2.24, 2.45) is 0 Å². The Labute approximate surface area is 174 Å². The molecule has 0 atom stereocenters.